The van der Waals surface area contributed by atoms with Crippen LogP contribution in [0.25, 0.3) is 0 Å². The number of allylic oxidation sites excluding steroid dienone is 2. The summed E-state index contributed by atoms with van der Waals surface area (Å²) in [6, 6.07) is 4.51. The first kappa shape index (κ1) is 16.5. The third-order valence-corrected chi connectivity index (χ3v) is 7.43. The Balaban J connectivity index is 1.14. The van der Waals surface area contributed by atoms with Gasteiger partial charge in [-0.1, -0.05) is 18.2 Å². The predicted octanol–water partition coefficient (Wildman–Crippen LogP) is 3.15. The highest BCUT2D eigenvalue weighted by atomic mass is 16.2. The average molecular weight is 351 g/mol. The molecule has 3 aliphatic carbocycles. The lowest BCUT2D eigenvalue weighted by Gasteiger charge is -2.30. The number of nitrogens with zero attached hydrogens (tertiary/aromatic N) is 2. The van der Waals surface area contributed by atoms with E-state index in [0.717, 1.165) is 50.7 Å². The molecule has 0 aromatic carbocycles. The summed E-state index contributed by atoms with van der Waals surface area (Å²) in [5, 5.41) is 3.52. The van der Waals surface area contributed by atoms with Gasteiger partial charge in [-0.25, -0.2) is 0 Å². The Morgan fingerprint density at radius 3 is 3.00 bits per heavy atom. The van der Waals surface area contributed by atoms with E-state index in [2.05, 4.69) is 33.4 Å². The number of rotatable bonds is 7. The molecule has 4 heteroatoms. The fraction of sp³-hybridized carbons (Fsp3) is 0.636. The number of hydrogen-bond acceptors (Lipinski definition) is 3. The lowest BCUT2D eigenvalue weighted by Crippen LogP contribution is -2.39. The molecular weight excluding hydrogens is 322 g/mol. The maximum Gasteiger partial charge on any atom is 0.222 e. The minimum absolute atomic E-state index is 0.388. The number of aromatic nitrogens is 1. The Kier molecular flexibility index (Phi) is 4.11. The largest absolute Gasteiger partial charge is 0.339 e. The van der Waals surface area contributed by atoms with Crippen LogP contribution in [-0.4, -0.2) is 34.9 Å². The van der Waals surface area contributed by atoms with Crippen molar-refractivity contribution in [3.8, 4) is 0 Å². The van der Waals surface area contributed by atoms with Crippen LogP contribution in [-0.2, 0) is 11.3 Å². The molecule has 0 radical (unpaired) electrons. The number of hydrogen-bond donors (Lipinski definition) is 1. The lowest BCUT2D eigenvalue weighted by atomic mass is 9.88. The Hall–Kier alpha value is -1.68. The van der Waals surface area contributed by atoms with Crippen molar-refractivity contribution < 1.29 is 4.79 Å². The summed E-state index contributed by atoms with van der Waals surface area (Å²) in [6.07, 6.45) is 15.7. The van der Waals surface area contributed by atoms with Crippen molar-refractivity contribution in [3.05, 3.63) is 42.2 Å². The maximum atomic E-state index is 12.5. The first-order valence-electron chi connectivity index (χ1n) is 10.3. The molecule has 4 aliphatic rings. The quantitative estimate of drug-likeness (QED) is 0.606. The number of pyridine rings is 1. The molecule has 138 valence electrons. The van der Waals surface area contributed by atoms with E-state index >= 15 is 0 Å². The van der Waals surface area contributed by atoms with E-state index < -0.39 is 0 Å². The van der Waals surface area contributed by atoms with Gasteiger partial charge in [-0.05, 0) is 73.4 Å². The first-order chi connectivity index (χ1) is 12.8. The maximum absolute atomic E-state index is 12.5. The molecule has 1 aromatic rings. The van der Waals surface area contributed by atoms with Crippen LogP contribution in [0.5, 0.6) is 0 Å². The molecule has 1 aliphatic heterocycles. The van der Waals surface area contributed by atoms with Crippen LogP contribution in [0.2, 0.25) is 0 Å². The summed E-state index contributed by atoms with van der Waals surface area (Å²) < 4.78 is 0. The fourth-order valence-electron chi connectivity index (χ4n) is 5.93. The molecule has 1 saturated heterocycles. The van der Waals surface area contributed by atoms with Gasteiger partial charge in [0.1, 0.15) is 0 Å². The number of carbonyl (C=O) groups is 1. The zero-order chi connectivity index (χ0) is 17.6. The van der Waals surface area contributed by atoms with E-state index in [1.165, 1.54) is 24.8 Å². The summed E-state index contributed by atoms with van der Waals surface area (Å²) in [4.78, 5) is 18.9. The number of amides is 1. The van der Waals surface area contributed by atoms with Crippen molar-refractivity contribution >= 4 is 5.91 Å². The highest BCUT2D eigenvalue weighted by Crippen LogP contribution is 2.70. The minimum Gasteiger partial charge on any atom is -0.339 e. The van der Waals surface area contributed by atoms with Crippen molar-refractivity contribution in [2.45, 2.75) is 51.1 Å². The highest BCUT2D eigenvalue weighted by molar-refractivity contribution is 5.78. The van der Waals surface area contributed by atoms with Crippen LogP contribution >= 0.6 is 0 Å². The number of nitrogens with one attached hydrogen (secondary N) is 1. The predicted molar refractivity (Wildman–Crippen MR) is 101 cm³/mol. The normalized spacial score (nSPS) is 33.5. The molecular formula is C22H29N3O. The van der Waals surface area contributed by atoms with Gasteiger partial charge in [0, 0.05) is 37.9 Å². The van der Waals surface area contributed by atoms with E-state index in [9.17, 15) is 4.79 Å². The van der Waals surface area contributed by atoms with Gasteiger partial charge in [0.15, 0.2) is 0 Å². The SMILES string of the molecule is O=C1CCC(CCNCc2cccnc2)N1CC1CC2C=CC1C21CC1. The molecule has 1 amide bonds. The van der Waals surface area contributed by atoms with Crippen molar-refractivity contribution in [1.82, 2.24) is 15.2 Å². The van der Waals surface area contributed by atoms with Crippen LogP contribution in [0.1, 0.15) is 44.1 Å². The van der Waals surface area contributed by atoms with Gasteiger partial charge in [-0.15, -0.1) is 0 Å². The Bertz CT molecular complexity index is 697. The molecule has 1 N–H and O–H groups in total. The molecule has 3 fully saturated rings. The zero-order valence-corrected chi connectivity index (χ0v) is 15.4. The second kappa shape index (κ2) is 6.49. The fourth-order valence-corrected chi connectivity index (χ4v) is 5.93. The molecule has 4 nitrogen and oxygen atoms in total. The monoisotopic (exact) mass is 351 g/mol. The highest BCUT2D eigenvalue weighted by Gasteiger charge is 2.62. The van der Waals surface area contributed by atoms with Gasteiger partial charge in [0.05, 0.1) is 0 Å². The van der Waals surface area contributed by atoms with Crippen molar-refractivity contribution in [2.75, 3.05) is 13.1 Å². The van der Waals surface area contributed by atoms with E-state index in [0.29, 0.717) is 23.3 Å². The van der Waals surface area contributed by atoms with Crippen molar-refractivity contribution in [2.24, 2.45) is 23.2 Å². The molecule has 2 saturated carbocycles. The molecule has 1 spiro atoms. The third kappa shape index (κ3) is 2.79. The topological polar surface area (TPSA) is 45.2 Å². The van der Waals surface area contributed by atoms with E-state index in [-0.39, 0.29) is 0 Å². The smallest absolute Gasteiger partial charge is 0.222 e. The van der Waals surface area contributed by atoms with Crippen molar-refractivity contribution in [3.63, 3.8) is 0 Å². The summed E-state index contributed by atoms with van der Waals surface area (Å²) in [5.41, 5.74) is 1.85. The third-order valence-electron chi connectivity index (χ3n) is 7.43. The molecule has 1 aromatic heterocycles. The van der Waals surface area contributed by atoms with Crippen molar-refractivity contribution in [1.29, 1.82) is 0 Å². The average Bonchev–Trinajstić information content (AvgIpc) is 3.22. The Morgan fingerprint density at radius 1 is 1.31 bits per heavy atom. The van der Waals surface area contributed by atoms with E-state index in [4.69, 9.17) is 0 Å². The summed E-state index contributed by atoms with van der Waals surface area (Å²) in [5.74, 6) is 2.67. The molecule has 2 bridgehead atoms. The van der Waals surface area contributed by atoms with Gasteiger partial charge in [0.2, 0.25) is 5.91 Å². The molecule has 4 atom stereocenters. The lowest BCUT2D eigenvalue weighted by molar-refractivity contribution is -0.129. The van der Waals surface area contributed by atoms with Crippen LogP contribution in [0, 0.1) is 23.2 Å². The van der Waals surface area contributed by atoms with Gasteiger partial charge in [-0.3, -0.25) is 9.78 Å². The van der Waals surface area contributed by atoms with Gasteiger partial charge in [-0.2, -0.15) is 0 Å². The standard InChI is InChI=1S/C22H29N3O/c26-21-6-4-19(7-11-24-14-16-2-1-10-23-13-16)25(21)15-17-12-18-3-5-20(17)22(18)8-9-22/h1-3,5,10,13,17-20,24H,4,6-9,11-12,14-15H2. The van der Waals surface area contributed by atoms with Crippen LogP contribution in [0.3, 0.4) is 0 Å². The van der Waals surface area contributed by atoms with Crippen LogP contribution in [0.4, 0.5) is 0 Å². The Morgan fingerprint density at radius 2 is 2.23 bits per heavy atom. The first-order valence-corrected chi connectivity index (χ1v) is 10.3. The van der Waals surface area contributed by atoms with Crippen LogP contribution < -0.4 is 5.32 Å². The molecule has 5 rings (SSSR count). The van der Waals surface area contributed by atoms with Crippen LogP contribution in [0.15, 0.2) is 36.7 Å². The van der Waals surface area contributed by atoms with Gasteiger partial charge >= 0.3 is 0 Å². The molecule has 4 unspecified atom stereocenters. The Labute approximate surface area is 156 Å². The minimum atomic E-state index is 0.388. The number of likely N-dealkylation sites (tertiary alicyclic amines) is 1. The molecule has 26 heavy (non-hydrogen) atoms. The second-order valence-electron chi connectivity index (χ2n) is 8.81. The number of carbonyl (C=O) groups excluding carboxylic acids is 1. The van der Waals surface area contributed by atoms with E-state index in [1.807, 2.05) is 18.5 Å². The summed E-state index contributed by atoms with van der Waals surface area (Å²) in [6.45, 7) is 2.82. The van der Waals surface area contributed by atoms with Gasteiger partial charge < -0.3 is 10.2 Å². The zero-order valence-electron chi connectivity index (χ0n) is 15.4. The van der Waals surface area contributed by atoms with Gasteiger partial charge in [0.25, 0.3) is 0 Å². The second-order valence-corrected chi connectivity index (χ2v) is 8.81. The molecule has 2 heterocycles. The summed E-state index contributed by atoms with van der Waals surface area (Å²) >= 11 is 0. The summed E-state index contributed by atoms with van der Waals surface area (Å²) in [7, 11) is 0. The van der Waals surface area contributed by atoms with E-state index in [1.54, 1.807) is 0 Å².